The van der Waals surface area contributed by atoms with Crippen molar-refractivity contribution in [1.82, 2.24) is 4.90 Å². The van der Waals surface area contributed by atoms with E-state index in [4.69, 9.17) is 14.2 Å². The molecule has 0 aliphatic carbocycles. The molecular formula is C21H31NO3. The standard InChI is InChI=1S/C21H31NO3/c1-2-4-18(5-3-1)14-22-10-6-20-21(16-22,9-13-25-20)17-24-15-19-7-11-23-12-8-19/h1-5,19-20H,6-17H2/t20-,21+/m0/s1. The minimum absolute atomic E-state index is 0.193. The number of ether oxygens (including phenoxy) is 3. The number of piperidine rings is 1. The zero-order valence-corrected chi connectivity index (χ0v) is 15.2. The molecule has 0 amide bonds. The number of rotatable bonds is 6. The van der Waals surface area contributed by atoms with Crippen molar-refractivity contribution in [2.24, 2.45) is 11.3 Å². The summed E-state index contributed by atoms with van der Waals surface area (Å²) in [4.78, 5) is 2.60. The lowest BCUT2D eigenvalue weighted by molar-refractivity contribution is -0.0753. The number of hydrogen-bond acceptors (Lipinski definition) is 4. The maximum absolute atomic E-state index is 6.25. The predicted molar refractivity (Wildman–Crippen MR) is 97.5 cm³/mol. The topological polar surface area (TPSA) is 30.9 Å². The zero-order chi connectivity index (χ0) is 17.0. The summed E-state index contributed by atoms with van der Waals surface area (Å²) in [6.07, 6.45) is 4.94. The molecule has 0 spiro atoms. The van der Waals surface area contributed by atoms with Crippen LogP contribution in [0.25, 0.3) is 0 Å². The Kier molecular flexibility index (Phi) is 5.71. The molecule has 0 aromatic heterocycles. The van der Waals surface area contributed by atoms with Gasteiger partial charge in [0.25, 0.3) is 0 Å². The van der Waals surface area contributed by atoms with Crippen LogP contribution in [0.3, 0.4) is 0 Å². The molecule has 138 valence electrons. The smallest absolute Gasteiger partial charge is 0.0678 e. The fourth-order valence-electron chi connectivity index (χ4n) is 4.67. The van der Waals surface area contributed by atoms with E-state index >= 15 is 0 Å². The van der Waals surface area contributed by atoms with E-state index in [1.807, 2.05) is 0 Å². The van der Waals surface area contributed by atoms with Crippen LogP contribution in [-0.4, -0.2) is 57.1 Å². The molecule has 1 aromatic rings. The van der Waals surface area contributed by atoms with E-state index in [0.29, 0.717) is 12.0 Å². The van der Waals surface area contributed by atoms with Gasteiger partial charge in [0.1, 0.15) is 0 Å². The second kappa shape index (κ2) is 8.17. The van der Waals surface area contributed by atoms with Crippen LogP contribution in [0, 0.1) is 11.3 Å². The lowest BCUT2D eigenvalue weighted by Crippen LogP contribution is -2.51. The van der Waals surface area contributed by atoms with Gasteiger partial charge in [-0.25, -0.2) is 0 Å². The number of benzene rings is 1. The fraction of sp³-hybridized carbons (Fsp3) is 0.714. The molecule has 4 nitrogen and oxygen atoms in total. The average Bonchev–Trinajstić information content (AvgIpc) is 3.06. The zero-order valence-electron chi connectivity index (χ0n) is 15.2. The summed E-state index contributed by atoms with van der Waals surface area (Å²) in [5.41, 5.74) is 1.59. The highest BCUT2D eigenvalue weighted by Gasteiger charge is 2.48. The van der Waals surface area contributed by atoms with E-state index in [9.17, 15) is 0 Å². The molecule has 1 aromatic carbocycles. The van der Waals surface area contributed by atoms with Crippen molar-refractivity contribution < 1.29 is 14.2 Å². The van der Waals surface area contributed by atoms with Gasteiger partial charge in [-0.15, -0.1) is 0 Å². The van der Waals surface area contributed by atoms with Gasteiger partial charge in [0.15, 0.2) is 0 Å². The van der Waals surface area contributed by atoms with Gasteiger partial charge in [-0.05, 0) is 37.2 Å². The molecule has 4 rings (SSSR count). The lowest BCUT2D eigenvalue weighted by atomic mass is 9.77. The first kappa shape index (κ1) is 17.5. The van der Waals surface area contributed by atoms with Gasteiger partial charge in [0.2, 0.25) is 0 Å². The maximum atomic E-state index is 6.25. The molecule has 0 unspecified atom stereocenters. The Morgan fingerprint density at radius 3 is 2.76 bits per heavy atom. The summed E-state index contributed by atoms with van der Waals surface area (Å²) in [5, 5.41) is 0. The van der Waals surface area contributed by atoms with Crippen LogP contribution in [0.4, 0.5) is 0 Å². The summed E-state index contributed by atoms with van der Waals surface area (Å²) in [5.74, 6) is 0.676. The normalized spacial score (nSPS) is 31.1. The molecule has 0 N–H and O–H groups in total. The van der Waals surface area contributed by atoms with Crippen LogP contribution in [0.5, 0.6) is 0 Å². The van der Waals surface area contributed by atoms with Crippen molar-refractivity contribution in [3.05, 3.63) is 35.9 Å². The number of fused-ring (bicyclic) bond motifs is 1. The quantitative estimate of drug-likeness (QED) is 0.793. The maximum Gasteiger partial charge on any atom is 0.0678 e. The van der Waals surface area contributed by atoms with Crippen LogP contribution in [0.1, 0.15) is 31.2 Å². The Hall–Kier alpha value is -0.940. The largest absolute Gasteiger partial charge is 0.381 e. The van der Waals surface area contributed by atoms with Crippen molar-refractivity contribution >= 4 is 0 Å². The van der Waals surface area contributed by atoms with Crippen molar-refractivity contribution in [1.29, 1.82) is 0 Å². The first-order chi connectivity index (χ1) is 12.3. The Morgan fingerprint density at radius 1 is 1.08 bits per heavy atom. The second-order valence-corrected chi connectivity index (χ2v) is 8.03. The minimum Gasteiger partial charge on any atom is -0.381 e. The highest BCUT2D eigenvalue weighted by atomic mass is 16.5. The third-order valence-electron chi connectivity index (χ3n) is 6.18. The highest BCUT2D eigenvalue weighted by Crippen LogP contribution is 2.41. The summed E-state index contributed by atoms with van der Waals surface area (Å²) in [6.45, 7) is 7.68. The minimum atomic E-state index is 0.193. The van der Waals surface area contributed by atoms with Crippen molar-refractivity contribution in [2.75, 3.05) is 46.1 Å². The third-order valence-corrected chi connectivity index (χ3v) is 6.18. The van der Waals surface area contributed by atoms with Crippen LogP contribution in [0.2, 0.25) is 0 Å². The van der Waals surface area contributed by atoms with E-state index in [1.165, 1.54) is 5.56 Å². The molecular weight excluding hydrogens is 314 g/mol. The van der Waals surface area contributed by atoms with Gasteiger partial charge in [-0.3, -0.25) is 4.90 Å². The van der Waals surface area contributed by atoms with Crippen molar-refractivity contribution in [3.8, 4) is 0 Å². The van der Waals surface area contributed by atoms with Crippen molar-refractivity contribution in [2.45, 2.75) is 38.3 Å². The van der Waals surface area contributed by atoms with Gasteiger partial charge in [-0.1, -0.05) is 30.3 Å². The van der Waals surface area contributed by atoms with Crippen LogP contribution in [-0.2, 0) is 20.8 Å². The van der Waals surface area contributed by atoms with Crippen LogP contribution < -0.4 is 0 Å². The molecule has 25 heavy (non-hydrogen) atoms. The molecule has 0 bridgehead atoms. The van der Waals surface area contributed by atoms with Gasteiger partial charge in [0, 0.05) is 51.5 Å². The number of nitrogens with zero attached hydrogens (tertiary/aromatic N) is 1. The molecule has 2 atom stereocenters. The first-order valence-electron chi connectivity index (χ1n) is 9.87. The Bertz CT molecular complexity index is 531. The van der Waals surface area contributed by atoms with Gasteiger partial charge >= 0.3 is 0 Å². The first-order valence-corrected chi connectivity index (χ1v) is 9.87. The highest BCUT2D eigenvalue weighted by molar-refractivity contribution is 5.15. The molecule has 3 aliphatic rings. The third kappa shape index (κ3) is 4.25. The molecule has 4 heteroatoms. The summed E-state index contributed by atoms with van der Waals surface area (Å²) >= 11 is 0. The Balaban J connectivity index is 1.33. The fourth-order valence-corrected chi connectivity index (χ4v) is 4.67. The summed E-state index contributed by atoms with van der Waals surface area (Å²) in [6, 6.07) is 10.8. The molecule has 3 fully saturated rings. The van der Waals surface area contributed by atoms with Gasteiger partial charge < -0.3 is 14.2 Å². The number of hydrogen-bond donors (Lipinski definition) is 0. The SMILES string of the molecule is c1ccc(CN2CC[C@@H]3OCC[C@]3(COCC3CCOCC3)C2)cc1. The molecule has 3 saturated heterocycles. The Morgan fingerprint density at radius 2 is 1.92 bits per heavy atom. The van der Waals surface area contributed by atoms with E-state index < -0.39 is 0 Å². The van der Waals surface area contributed by atoms with E-state index in [-0.39, 0.29) is 5.41 Å². The van der Waals surface area contributed by atoms with E-state index in [1.54, 1.807) is 0 Å². The van der Waals surface area contributed by atoms with Crippen molar-refractivity contribution in [3.63, 3.8) is 0 Å². The summed E-state index contributed by atoms with van der Waals surface area (Å²) < 4.78 is 17.8. The predicted octanol–water partition coefficient (Wildman–Crippen LogP) is 3.11. The Labute approximate surface area is 151 Å². The van der Waals surface area contributed by atoms with Crippen LogP contribution >= 0.6 is 0 Å². The van der Waals surface area contributed by atoms with Gasteiger partial charge in [-0.2, -0.15) is 0 Å². The van der Waals surface area contributed by atoms with E-state index in [2.05, 4.69) is 35.2 Å². The summed E-state index contributed by atoms with van der Waals surface area (Å²) in [7, 11) is 0. The van der Waals surface area contributed by atoms with E-state index in [0.717, 1.165) is 78.4 Å². The molecule has 3 heterocycles. The monoisotopic (exact) mass is 345 g/mol. The average molecular weight is 345 g/mol. The molecule has 0 saturated carbocycles. The molecule has 3 aliphatic heterocycles. The van der Waals surface area contributed by atoms with Crippen LogP contribution in [0.15, 0.2) is 30.3 Å². The lowest BCUT2D eigenvalue weighted by Gasteiger charge is -2.43. The second-order valence-electron chi connectivity index (χ2n) is 8.03. The number of likely N-dealkylation sites (tertiary alicyclic amines) is 1. The molecule has 0 radical (unpaired) electrons. The van der Waals surface area contributed by atoms with Gasteiger partial charge in [0.05, 0.1) is 12.7 Å².